The molecular weight excluding hydrogens is 104 g/mol. The van der Waals surface area contributed by atoms with Gasteiger partial charge >= 0.3 is 0 Å². The zero-order valence-corrected chi connectivity index (χ0v) is 4.93. The van der Waals surface area contributed by atoms with Crippen LogP contribution in [0, 0.1) is 6.42 Å². The van der Waals surface area contributed by atoms with Gasteiger partial charge in [0.25, 0.3) is 0 Å². The van der Waals surface area contributed by atoms with Crippen LogP contribution < -0.4 is 0 Å². The third kappa shape index (κ3) is 2.28. The summed E-state index contributed by atoms with van der Waals surface area (Å²) in [6, 6.07) is 0. The largest absolute Gasteiger partial charge is 0.355 e. The fourth-order valence-corrected chi connectivity index (χ4v) is 0.662. The van der Waals surface area contributed by atoms with Crippen molar-refractivity contribution in [3.8, 4) is 0 Å². The van der Waals surface area contributed by atoms with Crippen LogP contribution in [0.2, 0.25) is 0 Å². The summed E-state index contributed by atoms with van der Waals surface area (Å²) in [4.78, 5) is 0. The Labute approximate surface area is 49.8 Å². The van der Waals surface area contributed by atoms with E-state index in [2.05, 4.69) is 6.42 Å². The molecule has 47 valence electrons. The average molecular weight is 115 g/mol. The first-order valence-corrected chi connectivity index (χ1v) is 2.97. The lowest BCUT2D eigenvalue weighted by molar-refractivity contribution is -0.0552. The monoisotopic (exact) mass is 115 g/mol. The molecule has 0 amide bonds. The van der Waals surface area contributed by atoms with E-state index in [0.717, 1.165) is 26.1 Å². The highest BCUT2D eigenvalue weighted by Gasteiger charge is 1.95. The van der Waals surface area contributed by atoms with Crippen LogP contribution in [-0.4, -0.2) is 20.0 Å². The topological polar surface area (TPSA) is 18.5 Å². The molecule has 2 heteroatoms. The Kier molecular flexibility index (Phi) is 2.92. The molecule has 1 fully saturated rings. The number of hydrogen-bond donors (Lipinski definition) is 0. The second-order valence-electron chi connectivity index (χ2n) is 1.83. The van der Waals surface area contributed by atoms with Crippen LogP contribution in [0.5, 0.6) is 0 Å². The van der Waals surface area contributed by atoms with Crippen LogP contribution in [-0.2, 0) is 9.47 Å². The highest BCUT2D eigenvalue weighted by Crippen LogP contribution is 1.98. The van der Waals surface area contributed by atoms with Gasteiger partial charge in [-0.3, -0.25) is 0 Å². The van der Waals surface area contributed by atoms with Crippen LogP contribution in [0.15, 0.2) is 0 Å². The molecular formula is C6H11O2. The van der Waals surface area contributed by atoms with Crippen LogP contribution >= 0.6 is 0 Å². The molecule has 0 atom stereocenters. The molecule has 1 rings (SSSR count). The van der Waals surface area contributed by atoms with E-state index in [4.69, 9.17) is 9.47 Å². The highest BCUT2D eigenvalue weighted by molar-refractivity contribution is 4.63. The predicted octanol–water partition coefficient (Wildman–Crippen LogP) is 0.975. The Balaban J connectivity index is 2.00. The van der Waals surface area contributed by atoms with Gasteiger partial charge in [0.2, 0.25) is 0 Å². The van der Waals surface area contributed by atoms with E-state index in [1.54, 1.807) is 0 Å². The first kappa shape index (κ1) is 6.05. The lowest BCUT2D eigenvalue weighted by Gasteiger charge is -2.08. The van der Waals surface area contributed by atoms with Crippen molar-refractivity contribution in [3.63, 3.8) is 0 Å². The molecule has 1 saturated heterocycles. The minimum Gasteiger partial charge on any atom is -0.355 e. The van der Waals surface area contributed by atoms with Gasteiger partial charge in [0, 0.05) is 6.61 Å². The lowest BCUT2D eigenvalue weighted by Crippen LogP contribution is -2.07. The zero-order valence-electron chi connectivity index (χ0n) is 4.93. The summed E-state index contributed by atoms with van der Waals surface area (Å²) in [6.45, 7) is 2.06. The van der Waals surface area contributed by atoms with E-state index in [1.807, 2.05) is 0 Å². The summed E-state index contributed by atoms with van der Waals surface area (Å²) < 4.78 is 10.0. The Morgan fingerprint density at radius 1 is 1.25 bits per heavy atom. The van der Waals surface area contributed by atoms with Crippen LogP contribution in [0.25, 0.3) is 0 Å². The number of ether oxygens (including phenoxy) is 2. The van der Waals surface area contributed by atoms with E-state index >= 15 is 0 Å². The van der Waals surface area contributed by atoms with E-state index in [1.165, 1.54) is 0 Å². The van der Waals surface area contributed by atoms with Gasteiger partial charge in [0.1, 0.15) is 6.79 Å². The Hall–Kier alpha value is -0.0800. The van der Waals surface area contributed by atoms with Crippen molar-refractivity contribution < 1.29 is 9.47 Å². The molecule has 0 aromatic carbocycles. The quantitative estimate of drug-likeness (QED) is 0.468. The third-order valence-corrected chi connectivity index (χ3v) is 1.10. The van der Waals surface area contributed by atoms with E-state index in [0.29, 0.717) is 6.79 Å². The van der Waals surface area contributed by atoms with Gasteiger partial charge in [-0.25, -0.2) is 0 Å². The van der Waals surface area contributed by atoms with E-state index in [-0.39, 0.29) is 0 Å². The van der Waals surface area contributed by atoms with Gasteiger partial charge in [-0.15, -0.1) is 0 Å². The molecule has 0 bridgehead atoms. The summed E-state index contributed by atoms with van der Waals surface area (Å²) >= 11 is 0. The van der Waals surface area contributed by atoms with Crippen molar-refractivity contribution in [1.29, 1.82) is 0 Å². The van der Waals surface area contributed by atoms with Gasteiger partial charge < -0.3 is 9.47 Å². The maximum absolute atomic E-state index is 5.03. The van der Waals surface area contributed by atoms with Crippen molar-refractivity contribution in [3.05, 3.63) is 6.42 Å². The van der Waals surface area contributed by atoms with Crippen LogP contribution in [0.4, 0.5) is 0 Å². The fraction of sp³-hybridized carbons (Fsp3) is 0.833. The van der Waals surface area contributed by atoms with E-state index < -0.39 is 0 Å². The Bertz CT molecular complexity index is 30.5. The summed E-state index contributed by atoms with van der Waals surface area (Å²) in [7, 11) is 0. The molecule has 0 aliphatic carbocycles. The maximum Gasteiger partial charge on any atom is 0.146 e. The summed E-state index contributed by atoms with van der Waals surface area (Å²) in [5, 5.41) is 0. The van der Waals surface area contributed by atoms with Crippen molar-refractivity contribution in [2.45, 2.75) is 12.8 Å². The predicted molar refractivity (Wildman–Crippen MR) is 30.3 cm³/mol. The van der Waals surface area contributed by atoms with Gasteiger partial charge in [-0.05, 0) is 19.3 Å². The second-order valence-corrected chi connectivity index (χ2v) is 1.83. The summed E-state index contributed by atoms with van der Waals surface area (Å²) in [6.07, 6.45) is 4.41. The number of rotatable bonds is 0. The first-order valence-electron chi connectivity index (χ1n) is 2.97. The Morgan fingerprint density at radius 3 is 3.25 bits per heavy atom. The molecule has 0 N–H and O–H groups in total. The molecule has 1 aliphatic rings. The average Bonchev–Trinajstić information content (AvgIpc) is 1.62. The first-order chi connectivity index (χ1) is 4.00. The van der Waals surface area contributed by atoms with Gasteiger partial charge in [-0.1, -0.05) is 0 Å². The van der Waals surface area contributed by atoms with Gasteiger partial charge in [0.15, 0.2) is 0 Å². The maximum atomic E-state index is 5.03. The highest BCUT2D eigenvalue weighted by atomic mass is 16.7. The van der Waals surface area contributed by atoms with E-state index in [9.17, 15) is 0 Å². The zero-order chi connectivity index (χ0) is 5.66. The van der Waals surface area contributed by atoms with Gasteiger partial charge in [-0.2, -0.15) is 0 Å². The minimum absolute atomic E-state index is 0.469. The standard InChI is InChI=1S/C6H11O2/c1-2-4-7-6-8-5-3-1/h2H,1,3-6H2. The third-order valence-electron chi connectivity index (χ3n) is 1.10. The molecule has 2 nitrogen and oxygen atoms in total. The lowest BCUT2D eigenvalue weighted by atomic mass is 10.2. The molecule has 0 saturated carbocycles. The molecule has 1 heterocycles. The fourth-order valence-electron chi connectivity index (χ4n) is 0.662. The molecule has 1 radical (unpaired) electrons. The van der Waals surface area contributed by atoms with Crippen molar-refractivity contribution in [1.82, 2.24) is 0 Å². The molecule has 0 unspecified atom stereocenters. The van der Waals surface area contributed by atoms with Gasteiger partial charge in [0.05, 0.1) is 6.61 Å². The molecule has 0 aromatic heterocycles. The van der Waals surface area contributed by atoms with Crippen molar-refractivity contribution in [2.75, 3.05) is 20.0 Å². The normalized spacial score (nSPS) is 24.0. The molecule has 0 spiro atoms. The van der Waals surface area contributed by atoms with Crippen LogP contribution in [0.1, 0.15) is 12.8 Å². The van der Waals surface area contributed by atoms with Crippen molar-refractivity contribution >= 4 is 0 Å². The second kappa shape index (κ2) is 3.87. The summed E-state index contributed by atoms with van der Waals surface area (Å²) in [5.41, 5.74) is 0. The smallest absolute Gasteiger partial charge is 0.146 e. The van der Waals surface area contributed by atoms with Crippen molar-refractivity contribution in [2.24, 2.45) is 0 Å². The number of hydrogen-bond acceptors (Lipinski definition) is 2. The van der Waals surface area contributed by atoms with Crippen LogP contribution in [0.3, 0.4) is 0 Å². The summed E-state index contributed by atoms with van der Waals surface area (Å²) in [5.74, 6) is 0. The minimum atomic E-state index is 0.469. The molecule has 8 heavy (non-hydrogen) atoms. The SMILES string of the molecule is [CH]1CCCOCOC1. The Morgan fingerprint density at radius 2 is 2.25 bits per heavy atom. The molecule has 0 aromatic rings. The molecule has 1 aliphatic heterocycles.